The lowest BCUT2D eigenvalue weighted by Crippen LogP contribution is -2.21. The van der Waals surface area contributed by atoms with Crippen LogP contribution in [-0.2, 0) is 19.9 Å². The summed E-state index contributed by atoms with van der Waals surface area (Å²) in [6.45, 7) is 3.99. The average Bonchev–Trinajstić information content (AvgIpc) is 2.88. The van der Waals surface area contributed by atoms with Gasteiger partial charge in [-0.3, -0.25) is 0 Å². The summed E-state index contributed by atoms with van der Waals surface area (Å²) in [6.07, 6.45) is 5.80. The second-order valence-electron chi connectivity index (χ2n) is 4.06. The predicted molar refractivity (Wildman–Crippen MR) is 70.3 cm³/mol. The molecule has 0 aliphatic heterocycles. The van der Waals surface area contributed by atoms with Crippen molar-refractivity contribution in [2.45, 2.75) is 19.8 Å². The maximum atomic E-state index is 4.43. The third-order valence-electron chi connectivity index (χ3n) is 2.67. The molecule has 0 unspecified atom stereocenters. The zero-order valence-electron chi connectivity index (χ0n) is 10.3. The fourth-order valence-electron chi connectivity index (χ4n) is 1.70. The van der Waals surface area contributed by atoms with Crippen LogP contribution < -0.4 is 5.32 Å². The van der Waals surface area contributed by atoms with Crippen LogP contribution in [0.2, 0.25) is 0 Å². The second kappa shape index (κ2) is 5.93. The number of rotatable bonds is 6. The Balaban J connectivity index is 1.62. The van der Waals surface area contributed by atoms with Gasteiger partial charge in [-0.15, -0.1) is 11.3 Å². The first-order valence-electron chi connectivity index (χ1n) is 5.83. The monoisotopic (exact) mass is 250 g/mol. The molecule has 5 heteroatoms. The van der Waals surface area contributed by atoms with E-state index in [2.05, 4.69) is 25.2 Å². The molecule has 2 heterocycles. The highest BCUT2D eigenvalue weighted by Gasteiger charge is 2.00. The van der Waals surface area contributed by atoms with Crippen LogP contribution in [0.5, 0.6) is 0 Å². The molecule has 0 saturated heterocycles. The molecule has 92 valence electrons. The van der Waals surface area contributed by atoms with Crippen LogP contribution >= 0.6 is 11.3 Å². The van der Waals surface area contributed by atoms with E-state index >= 15 is 0 Å². The number of hydrogen-bond acceptors (Lipinski definition) is 4. The van der Waals surface area contributed by atoms with E-state index in [1.807, 2.05) is 26.4 Å². The third-order valence-corrected chi connectivity index (χ3v) is 3.49. The molecule has 0 bridgehead atoms. The summed E-state index contributed by atoms with van der Waals surface area (Å²) in [7, 11) is 2.03. The van der Waals surface area contributed by atoms with E-state index in [0.717, 1.165) is 36.8 Å². The van der Waals surface area contributed by atoms with Gasteiger partial charge in [-0.25, -0.2) is 9.97 Å². The van der Waals surface area contributed by atoms with E-state index in [0.29, 0.717) is 0 Å². The molecule has 2 aromatic heterocycles. The van der Waals surface area contributed by atoms with Gasteiger partial charge in [0.25, 0.3) is 0 Å². The summed E-state index contributed by atoms with van der Waals surface area (Å²) in [4.78, 5) is 8.72. The van der Waals surface area contributed by atoms with Crippen molar-refractivity contribution in [3.63, 3.8) is 0 Å². The number of hydrogen-bond donors (Lipinski definition) is 1. The van der Waals surface area contributed by atoms with E-state index in [4.69, 9.17) is 0 Å². The largest absolute Gasteiger partial charge is 0.338 e. The molecule has 0 fully saturated rings. The number of imidazole rings is 1. The third kappa shape index (κ3) is 3.64. The molecular weight excluding hydrogens is 232 g/mol. The lowest BCUT2D eigenvalue weighted by molar-refractivity contribution is 0.649. The quantitative estimate of drug-likeness (QED) is 0.791. The summed E-state index contributed by atoms with van der Waals surface area (Å²) in [5.41, 5.74) is 1.19. The lowest BCUT2D eigenvalue weighted by atomic mass is 10.3. The molecule has 0 aromatic carbocycles. The van der Waals surface area contributed by atoms with Crippen LogP contribution in [0, 0.1) is 6.92 Å². The van der Waals surface area contributed by atoms with Crippen LogP contribution in [-0.4, -0.2) is 27.6 Å². The Morgan fingerprint density at radius 2 is 2.18 bits per heavy atom. The van der Waals surface area contributed by atoms with E-state index in [1.165, 1.54) is 5.69 Å². The van der Waals surface area contributed by atoms with Crippen LogP contribution in [0.4, 0.5) is 0 Å². The van der Waals surface area contributed by atoms with Gasteiger partial charge in [0.2, 0.25) is 0 Å². The molecule has 0 atom stereocenters. The van der Waals surface area contributed by atoms with Crippen LogP contribution in [0.25, 0.3) is 0 Å². The maximum Gasteiger partial charge on any atom is 0.109 e. The number of aryl methyl sites for hydroxylation is 2. The highest BCUT2D eigenvalue weighted by Crippen LogP contribution is 2.07. The van der Waals surface area contributed by atoms with Crippen molar-refractivity contribution < 1.29 is 0 Å². The van der Waals surface area contributed by atoms with Gasteiger partial charge in [0.05, 0.1) is 10.7 Å². The normalized spacial score (nSPS) is 10.9. The molecule has 0 aliphatic carbocycles. The molecule has 2 rings (SSSR count). The fraction of sp³-hybridized carbons (Fsp3) is 0.500. The first kappa shape index (κ1) is 12.3. The highest BCUT2D eigenvalue weighted by molar-refractivity contribution is 7.09. The van der Waals surface area contributed by atoms with Crippen LogP contribution in [0.1, 0.15) is 16.5 Å². The highest BCUT2D eigenvalue weighted by atomic mass is 32.1. The Hall–Kier alpha value is -1.20. The minimum Gasteiger partial charge on any atom is -0.338 e. The second-order valence-corrected chi connectivity index (χ2v) is 5.12. The van der Waals surface area contributed by atoms with E-state index in [1.54, 1.807) is 11.3 Å². The zero-order valence-corrected chi connectivity index (χ0v) is 11.1. The van der Waals surface area contributed by atoms with Gasteiger partial charge in [-0.2, -0.15) is 0 Å². The zero-order chi connectivity index (χ0) is 12.1. The van der Waals surface area contributed by atoms with Crippen molar-refractivity contribution in [1.82, 2.24) is 19.9 Å². The Morgan fingerprint density at radius 3 is 2.82 bits per heavy atom. The van der Waals surface area contributed by atoms with Gasteiger partial charge in [-0.05, 0) is 6.92 Å². The van der Waals surface area contributed by atoms with E-state index in [-0.39, 0.29) is 0 Å². The van der Waals surface area contributed by atoms with Gasteiger partial charge < -0.3 is 9.88 Å². The van der Waals surface area contributed by atoms with E-state index in [9.17, 15) is 0 Å². The van der Waals surface area contributed by atoms with Crippen molar-refractivity contribution in [3.8, 4) is 0 Å². The first-order chi connectivity index (χ1) is 8.25. The van der Waals surface area contributed by atoms with Gasteiger partial charge in [0, 0.05) is 50.8 Å². The summed E-state index contributed by atoms with van der Waals surface area (Å²) in [5, 5.41) is 6.70. The molecule has 0 amide bonds. The molecule has 4 nitrogen and oxygen atoms in total. The molecule has 0 spiro atoms. The molecule has 0 saturated carbocycles. The van der Waals surface area contributed by atoms with Crippen molar-refractivity contribution in [1.29, 1.82) is 0 Å². The van der Waals surface area contributed by atoms with Crippen molar-refractivity contribution in [3.05, 3.63) is 34.3 Å². The first-order valence-corrected chi connectivity index (χ1v) is 6.71. The Kier molecular flexibility index (Phi) is 4.28. The van der Waals surface area contributed by atoms with Crippen molar-refractivity contribution in [2.75, 3.05) is 13.1 Å². The summed E-state index contributed by atoms with van der Waals surface area (Å²) < 4.78 is 2.06. The fourth-order valence-corrected chi connectivity index (χ4v) is 2.35. The Bertz CT molecular complexity index is 461. The maximum absolute atomic E-state index is 4.43. The van der Waals surface area contributed by atoms with Crippen LogP contribution in [0.3, 0.4) is 0 Å². The summed E-state index contributed by atoms with van der Waals surface area (Å²) >= 11 is 1.72. The predicted octanol–water partition coefficient (Wildman–Crippen LogP) is 1.56. The molecule has 0 aliphatic rings. The standard InChI is InChI=1S/C12H18N4S/c1-10-15-11(9-17-10)3-5-13-6-4-12-14-7-8-16(12)2/h7-9,13H,3-6H2,1-2H3. The number of thiazole rings is 1. The molecule has 1 N–H and O–H groups in total. The number of nitrogens with zero attached hydrogens (tertiary/aromatic N) is 3. The van der Waals surface area contributed by atoms with Gasteiger partial charge in [-0.1, -0.05) is 0 Å². The van der Waals surface area contributed by atoms with Gasteiger partial charge in [0.15, 0.2) is 0 Å². The Labute approximate surface area is 106 Å². The van der Waals surface area contributed by atoms with Gasteiger partial charge >= 0.3 is 0 Å². The van der Waals surface area contributed by atoms with E-state index < -0.39 is 0 Å². The SMILES string of the molecule is Cc1nc(CCNCCc2nccn2C)cs1. The van der Waals surface area contributed by atoms with Gasteiger partial charge in [0.1, 0.15) is 5.82 Å². The minimum atomic E-state index is 0.966. The topological polar surface area (TPSA) is 42.7 Å². The number of aromatic nitrogens is 3. The van der Waals surface area contributed by atoms with Crippen molar-refractivity contribution in [2.24, 2.45) is 7.05 Å². The Morgan fingerprint density at radius 1 is 1.35 bits per heavy atom. The molecule has 17 heavy (non-hydrogen) atoms. The summed E-state index contributed by atoms with van der Waals surface area (Å²) in [6, 6.07) is 0. The van der Waals surface area contributed by atoms with Crippen LogP contribution in [0.15, 0.2) is 17.8 Å². The smallest absolute Gasteiger partial charge is 0.109 e. The molecule has 2 aromatic rings. The lowest BCUT2D eigenvalue weighted by Gasteiger charge is -2.03. The average molecular weight is 250 g/mol. The molecular formula is C12H18N4S. The molecule has 0 radical (unpaired) electrons. The number of nitrogens with one attached hydrogen (secondary N) is 1. The minimum absolute atomic E-state index is 0.966. The van der Waals surface area contributed by atoms with Crippen molar-refractivity contribution >= 4 is 11.3 Å². The summed E-state index contributed by atoms with van der Waals surface area (Å²) in [5.74, 6) is 1.13.